The first-order valence-electron chi connectivity index (χ1n) is 16.0. The molecule has 0 saturated heterocycles. The fourth-order valence-corrected chi connectivity index (χ4v) is 6.89. The highest BCUT2D eigenvalue weighted by Gasteiger charge is 2.26. The number of hydrogen-bond acceptors (Lipinski definition) is 6. The van der Waals surface area contributed by atoms with Crippen LogP contribution in [0.25, 0.3) is 33.7 Å². The molecule has 7 rings (SSSR count). The number of carbonyl (C=O) groups excluding carboxylic acids is 2. The Bertz CT molecular complexity index is 2110. The van der Waals surface area contributed by atoms with E-state index in [4.69, 9.17) is 14.2 Å². The van der Waals surface area contributed by atoms with Crippen LogP contribution in [0.1, 0.15) is 53.1 Å². The number of hydrogen-bond donors (Lipinski definition) is 2. The Balaban J connectivity index is 0.000000171. The van der Waals surface area contributed by atoms with E-state index < -0.39 is 0 Å². The summed E-state index contributed by atoms with van der Waals surface area (Å²) in [4.78, 5) is 25.9. The summed E-state index contributed by atoms with van der Waals surface area (Å²) in [6.45, 7) is 6.30. The molecular weight excluding hydrogens is 633 g/mol. The Morgan fingerprint density at radius 3 is 2.08 bits per heavy atom. The van der Waals surface area contributed by atoms with Gasteiger partial charge in [0.25, 0.3) is 11.8 Å². The number of para-hydroxylation sites is 1. The van der Waals surface area contributed by atoms with E-state index in [-0.39, 0.29) is 11.8 Å². The maximum atomic E-state index is 12.5. The van der Waals surface area contributed by atoms with E-state index in [1.165, 1.54) is 0 Å². The number of thiophene rings is 1. The predicted molar refractivity (Wildman–Crippen MR) is 201 cm³/mol. The normalized spacial score (nSPS) is 14.6. The summed E-state index contributed by atoms with van der Waals surface area (Å²) in [5.74, 6) is 2.39. The molecule has 0 spiro atoms. The average Bonchev–Trinajstić information content (AvgIpc) is 3.83. The number of methoxy groups -OCH3 is 3. The van der Waals surface area contributed by atoms with Crippen molar-refractivity contribution in [1.29, 1.82) is 0 Å². The van der Waals surface area contributed by atoms with Crippen LogP contribution in [0.5, 0.6) is 17.2 Å². The Morgan fingerprint density at radius 2 is 1.37 bits per heavy atom. The standard InChI is InChI=1S/C21H17NO3S.C20H21NO2/c1-24-18-11-13(15(12-19(18)25-2)20-8-5-9-26-20)10-16-14-6-3-4-7-17(14)22-21(16)23;1-12(2)15-10-14(8-9-18(15)23-4)11-16-19-13(3)6-5-7-17(19)21-20(16)22/h3-12H,1-2H3,(H,22,23);5-12H,1-4H3,(H,21,22). The Labute approximate surface area is 290 Å². The number of ether oxygens (including phenoxy) is 3. The van der Waals surface area contributed by atoms with Crippen LogP contribution in [0.2, 0.25) is 0 Å². The number of nitrogens with one attached hydrogen (secondary N) is 2. The summed E-state index contributed by atoms with van der Waals surface area (Å²) in [6, 6.07) is 27.6. The first kappa shape index (κ1) is 33.3. The van der Waals surface area contributed by atoms with Gasteiger partial charge in [-0.3, -0.25) is 9.59 Å². The number of fused-ring (bicyclic) bond motifs is 2. The molecule has 3 heterocycles. The molecule has 0 radical (unpaired) electrons. The molecule has 0 saturated carbocycles. The van der Waals surface area contributed by atoms with Gasteiger partial charge in [-0.15, -0.1) is 11.3 Å². The molecule has 2 aliphatic heterocycles. The molecular formula is C41H38N2O5S. The third kappa shape index (κ3) is 6.73. The maximum absolute atomic E-state index is 12.5. The lowest BCUT2D eigenvalue weighted by molar-refractivity contribution is -0.111. The van der Waals surface area contributed by atoms with Gasteiger partial charge in [-0.1, -0.05) is 56.3 Å². The first-order chi connectivity index (χ1) is 23.7. The predicted octanol–water partition coefficient (Wildman–Crippen LogP) is 9.54. The second kappa shape index (κ2) is 14.3. The Kier molecular flexibility index (Phi) is 9.69. The van der Waals surface area contributed by atoms with Gasteiger partial charge in [0.2, 0.25) is 0 Å². The lowest BCUT2D eigenvalue weighted by atomic mass is 9.96. The topological polar surface area (TPSA) is 85.9 Å². The molecule has 4 aromatic carbocycles. The summed E-state index contributed by atoms with van der Waals surface area (Å²) in [7, 11) is 4.91. The number of rotatable bonds is 7. The van der Waals surface area contributed by atoms with Crippen LogP contribution in [0.15, 0.2) is 90.3 Å². The zero-order chi connectivity index (χ0) is 34.7. The minimum absolute atomic E-state index is 0.0452. The van der Waals surface area contributed by atoms with Crippen LogP contribution >= 0.6 is 11.3 Å². The van der Waals surface area contributed by atoms with Gasteiger partial charge in [-0.05, 0) is 95.1 Å². The van der Waals surface area contributed by atoms with Crippen molar-refractivity contribution in [2.24, 2.45) is 0 Å². The molecule has 49 heavy (non-hydrogen) atoms. The highest BCUT2D eigenvalue weighted by molar-refractivity contribution is 7.13. The van der Waals surface area contributed by atoms with E-state index in [0.717, 1.165) is 66.5 Å². The van der Waals surface area contributed by atoms with Gasteiger partial charge in [-0.25, -0.2) is 0 Å². The van der Waals surface area contributed by atoms with Crippen molar-refractivity contribution in [3.63, 3.8) is 0 Å². The quantitative estimate of drug-likeness (QED) is 0.169. The van der Waals surface area contributed by atoms with Gasteiger partial charge in [-0.2, -0.15) is 0 Å². The van der Waals surface area contributed by atoms with Crippen LogP contribution in [0, 0.1) is 6.92 Å². The van der Waals surface area contributed by atoms with Crippen molar-refractivity contribution in [3.05, 3.63) is 124 Å². The molecule has 248 valence electrons. The van der Waals surface area contributed by atoms with E-state index in [0.29, 0.717) is 23.0 Å². The molecule has 0 bridgehead atoms. The fourth-order valence-electron chi connectivity index (χ4n) is 6.13. The van der Waals surface area contributed by atoms with E-state index in [1.54, 1.807) is 32.7 Å². The van der Waals surface area contributed by atoms with Gasteiger partial charge < -0.3 is 24.8 Å². The average molecular weight is 671 g/mol. The van der Waals surface area contributed by atoms with E-state index >= 15 is 0 Å². The number of amides is 2. The summed E-state index contributed by atoms with van der Waals surface area (Å²) >= 11 is 1.64. The summed E-state index contributed by atoms with van der Waals surface area (Å²) in [5.41, 5.74) is 10.2. The van der Waals surface area contributed by atoms with Crippen molar-refractivity contribution in [1.82, 2.24) is 0 Å². The number of carbonyl (C=O) groups is 2. The van der Waals surface area contributed by atoms with Crippen LogP contribution in [0.3, 0.4) is 0 Å². The van der Waals surface area contributed by atoms with Crippen molar-refractivity contribution in [3.8, 4) is 27.7 Å². The lowest BCUT2D eigenvalue weighted by Gasteiger charge is -2.13. The molecule has 7 nitrogen and oxygen atoms in total. The van der Waals surface area contributed by atoms with Gasteiger partial charge >= 0.3 is 0 Å². The molecule has 2 amide bonds. The Hall–Kier alpha value is -5.60. The van der Waals surface area contributed by atoms with Crippen LogP contribution in [-0.4, -0.2) is 33.1 Å². The van der Waals surface area contributed by atoms with Gasteiger partial charge in [0.05, 0.1) is 21.3 Å². The first-order valence-corrected chi connectivity index (χ1v) is 16.8. The van der Waals surface area contributed by atoms with Crippen LogP contribution in [0.4, 0.5) is 11.4 Å². The minimum atomic E-state index is -0.0990. The Morgan fingerprint density at radius 1 is 0.673 bits per heavy atom. The van der Waals surface area contributed by atoms with Gasteiger partial charge in [0.1, 0.15) is 5.75 Å². The van der Waals surface area contributed by atoms with Crippen molar-refractivity contribution in [2.45, 2.75) is 26.7 Å². The molecule has 0 unspecified atom stereocenters. The molecule has 0 aliphatic carbocycles. The second-order valence-electron chi connectivity index (χ2n) is 12.0. The highest BCUT2D eigenvalue weighted by atomic mass is 32.1. The number of aryl methyl sites for hydroxylation is 1. The van der Waals surface area contributed by atoms with Crippen LogP contribution < -0.4 is 24.8 Å². The highest BCUT2D eigenvalue weighted by Crippen LogP contribution is 2.41. The van der Waals surface area contributed by atoms with Crippen molar-refractivity contribution >= 4 is 57.8 Å². The lowest BCUT2D eigenvalue weighted by Crippen LogP contribution is -2.03. The molecule has 0 fully saturated rings. The summed E-state index contributed by atoms with van der Waals surface area (Å²) < 4.78 is 16.3. The number of benzene rings is 4. The largest absolute Gasteiger partial charge is 0.496 e. The van der Waals surface area contributed by atoms with Crippen molar-refractivity contribution < 1.29 is 23.8 Å². The minimum Gasteiger partial charge on any atom is -0.496 e. The third-order valence-electron chi connectivity index (χ3n) is 8.57. The van der Waals surface area contributed by atoms with Gasteiger partial charge in [0, 0.05) is 44.1 Å². The van der Waals surface area contributed by atoms with Crippen molar-refractivity contribution in [2.75, 3.05) is 32.0 Å². The summed E-state index contributed by atoms with van der Waals surface area (Å²) in [6.07, 6.45) is 3.87. The smallest absolute Gasteiger partial charge is 0.256 e. The molecule has 2 aliphatic rings. The van der Waals surface area contributed by atoms with E-state index in [9.17, 15) is 9.59 Å². The zero-order valence-corrected chi connectivity index (χ0v) is 29.2. The molecule has 1 aromatic heterocycles. The molecule has 8 heteroatoms. The monoisotopic (exact) mass is 670 g/mol. The second-order valence-corrected chi connectivity index (χ2v) is 12.9. The maximum Gasteiger partial charge on any atom is 0.256 e. The van der Waals surface area contributed by atoms with Crippen LogP contribution in [-0.2, 0) is 9.59 Å². The fraction of sp³-hybridized carbons (Fsp3) is 0.171. The van der Waals surface area contributed by atoms with E-state index in [2.05, 4.69) is 36.6 Å². The number of anilines is 2. The molecule has 5 aromatic rings. The summed E-state index contributed by atoms with van der Waals surface area (Å²) in [5, 5.41) is 7.88. The SMILES string of the molecule is COc1cc(C=C2C(=O)Nc3ccccc32)c(-c2cccs2)cc1OC.COc1ccc(C=C2C(=O)Nc3cccc(C)c32)cc1C(C)C. The third-order valence-corrected chi connectivity index (χ3v) is 9.48. The zero-order valence-electron chi connectivity index (χ0n) is 28.3. The molecule has 0 atom stereocenters. The van der Waals surface area contributed by atoms with E-state index in [1.807, 2.05) is 97.3 Å². The van der Waals surface area contributed by atoms with Gasteiger partial charge in [0.15, 0.2) is 11.5 Å². The molecule has 2 N–H and O–H groups in total.